The zero-order valence-corrected chi connectivity index (χ0v) is 10.4. The summed E-state index contributed by atoms with van der Waals surface area (Å²) < 4.78 is 0. The summed E-state index contributed by atoms with van der Waals surface area (Å²) in [5.74, 6) is -1.01. The number of unbranched alkanes of at least 4 members (excludes halogenated alkanes) is 5. The van der Waals surface area contributed by atoms with E-state index in [1.807, 2.05) is 0 Å². The van der Waals surface area contributed by atoms with Crippen LogP contribution in [0.3, 0.4) is 0 Å². The first-order valence-electron chi connectivity index (χ1n) is 6.18. The highest BCUT2D eigenvalue weighted by molar-refractivity contribution is 6.00. The van der Waals surface area contributed by atoms with E-state index in [-0.39, 0.29) is 17.9 Å². The van der Waals surface area contributed by atoms with E-state index in [4.69, 9.17) is 5.21 Å². The third kappa shape index (κ3) is 6.56. The maximum atomic E-state index is 10.2. The molecular formula is C12H23NO3. The molecule has 4 nitrogen and oxygen atoms in total. The molecule has 4 heteroatoms. The highest BCUT2D eigenvalue weighted by Crippen LogP contribution is 2.07. The molecule has 0 aromatic rings. The Morgan fingerprint density at radius 2 is 1.31 bits per heavy atom. The van der Waals surface area contributed by atoms with Gasteiger partial charge in [-0.3, -0.25) is 14.8 Å². The molecule has 0 unspecified atom stereocenters. The maximum Gasteiger partial charge on any atom is 0.253 e. The Morgan fingerprint density at radius 3 is 1.50 bits per heavy atom. The smallest absolute Gasteiger partial charge is 0.253 e. The molecule has 1 saturated heterocycles. The number of hydrogen-bond acceptors (Lipinski definition) is 3. The van der Waals surface area contributed by atoms with Crippen LogP contribution >= 0.6 is 0 Å². The highest BCUT2D eigenvalue weighted by Gasteiger charge is 2.26. The number of hydroxylamine groups is 2. The maximum absolute atomic E-state index is 10.2. The van der Waals surface area contributed by atoms with Crippen molar-refractivity contribution < 1.29 is 14.8 Å². The van der Waals surface area contributed by atoms with Crippen molar-refractivity contribution in [2.45, 2.75) is 65.2 Å². The van der Waals surface area contributed by atoms with Crippen LogP contribution in [0.5, 0.6) is 0 Å². The minimum Gasteiger partial charge on any atom is -0.279 e. The van der Waals surface area contributed by atoms with E-state index < -0.39 is 11.8 Å². The van der Waals surface area contributed by atoms with Crippen molar-refractivity contribution in [1.29, 1.82) is 0 Å². The molecule has 0 aromatic carbocycles. The summed E-state index contributed by atoms with van der Waals surface area (Å²) in [7, 11) is 0. The molecule has 2 amide bonds. The van der Waals surface area contributed by atoms with Crippen LogP contribution < -0.4 is 0 Å². The summed E-state index contributed by atoms with van der Waals surface area (Å²) in [6, 6.07) is 0. The number of amides is 2. The van der Waals surface area contributed by atoms with E-state index in [2.05, 4.69) is 13.8 Å². The number of carbonyl (C=O) groups is 2. The summed E-state index contributed by atoms with van der Waals surface area (Å²) >= 11 is 0. The molecule has 0 bridgehead atoms. The zero-order valence-electron chi connectivity index (χ0n) is 10.4. The Balaban J connectivity index is 0.000000281. The third-order valence-corrected chi connectivity index (χ3v) is 2.48. The molecular weight excluding hydrogens is 206 g/mol. The summed E-state index contributed by atoms with van der Waals surface area (Å²) in [5.41, 5.74) is 0. The molecule has 0 atom stereocenters. The zero-order chi connectivity index (χ0) is 12.4. The van der Waals surface area contributed by atoms with Crippen molar-refractivity contribution in [1.82, 2.24) is 5.06 Å². The molecule has 16 heavy (non-hydrogen) atoms. The lowest BCUT2D eigenvalue weighted by atomic mass is 10.1. The largest absolute Gasteiger partial charge is 0.279 e. The number of hydrogen-bond donors (Lipinski definition) is 1. The number of nitrogens with zero attached hydrogens (tertiary/aromatic N) is 1. The van der Waals surface area contributed by atoms with E-state index in [0.717, 1.165) is 0 Å². The second-order valence-electron chi connectivity index (χ2n) is 4.01. The quantitative estimate of drug-likeness (QED) is 0.448. The molecule has 1 heterocycles. The van der Waals surface area contributed by atoms with Crippen LogP contribution in [0.25, 0.3) is 0 Å². The molecule has 1 N–H and O–H groups in total. The Morgan fingerprint density at radius 1 is 0.938 bits per heavy atom. The molecule has 94 valence electrons. The van der Waals surface area contributed by atoms with Crippen molar-refractivity contribution in [3.63, 3.8) is 0 Å². The first-order chi connectivity index (χ1) is 7.63. The van der Waals surface area contributed by atoms with E-state index in [9.17, 15) is 9.59 Å². The first kappa shape index (κ1) is 15.1. The summed E-state index contributed by atoms with van der Waals surface area (Å²) in [4.78, 5) is 20.5. The minimum absolute atomic E-state index is 0.148. The molecule has 0 saturated carbocycles. The van der Waals surface area contributed by atoms with Gasteiger partial charge in [-0.1, -0.05) is 52.4 Å². The molecule has 0 radical (unpaired) electrons. The fourth-order valence-electron chi connectivity index (χ4n) is 1.42. The van der Waals surface area contributed by atoms with Crippen LogP contribution in [-0.2, 0) is 9.59 Å². The Kier molecular flexibility index (Phi) is 8.81. The van der Waals surface area contributed by atoms with Crippen LogP contribution in [0.2, 0.25) is 0 Å². The second kappa shape index (κ2) is 9.33. The van der Waals surface area contributed by atoms with Crippen molar-refractivity contribution >= 4 is 11.8 Å². The van der Waals surface area contributed by atoms with Gasteiger partial charge in [-0.2, -0.15) is 5.06 Å². The molecule has 0 aliphatic carbocycles. The van der Waals surface area contributed by atoms with Gasteiger partial charge in [0.1, 0.15) is 0 Å². The fourth-order valence-corrected chi connectivity index (χ4v) is 1.42. The Labute approximate surface area is 97.6 Å². The highest BCUT2D eigenvalue weighted by atomic mass is 16.5. The molecule has 1 aliphatic heterocycles. The first-order valence-corrected chi connectivity index (χ1v) is 6.18. The minimum atomic E-state index is -0.505. The predicted octanol–water partition coefficient (Wildman–Crippen LogP) is 2.89. The Bertz CT molecular complexity index is 194. The van der Waals surface area contributed by atoms with Gasteiger partial charge in [0.2, 0.25) is 0 Å². The number of rotatable bonds is 5. The summed E-state index contributed by atoms with van der Waals surface area (Å²) in [6.45, 7) is 4.51. The van der Waals surface area contributed by atoms with E-state index >= 15 is 0 Å². The molecule has 0 aromatic heterocycles. The monoisotopic (exact) mass is 229 g/mol. The lowest BCUT2D eigenvalue weighted by molar-refractivity contribution is -0.171. The van der Waals surface area contributed by atoms with Gasteiger partial charge in [0.25, 0.3) is 11.8 Å². The van der Waals surface area contributed by atoms with Gasteiger partial charge in [-0.15, -0.1) is 0 Å². The van der Waals surface area contributed by atoms with E-state index in [1.54, 1.807) is 0 Å². The lowest BCUT2D eigenvalue weighted by Gasteiger charge is -1.98. The van der Waals surface area contributed by atoms with Crippen molar-refractivity contribution in [2.24, 2.45) is 0 Å². The van der Waals surface area contributed by atoms with Gasteiger partial charge >= 0.3 is 0 Å². The van der Waals surface area contributed by atoms with Gasteiger partial charge in [0, 0.05) is 12.8 Å². The molecule has 1 rings (SSSR count). The van der Waals surface area contributed by atoms with Gasteiger partial charge < -0.3 is 0 Å². The van der Waals surface area contributed by atoms with Crippen LogP contribution in [0.4, 0.5) is 0 Å². The molecule has 1 aliphatic rings. The second-order valence-corrected chi connectivity index (χ2v) is 4.01. The standard InChI is InChI=1S/C8H18.C4H5NO3/c1-3-5-7-8-6-4-2;6-3-1-2-4(7)5(3)8/h3-8H2,1-2H3;8H,1-2H2. The van der Waals surface area contributed by atoms with Gasteiger partial charge in [0.05, 0.1) is 0 Å². The van der Waals surface area contributed by atoms with Crippen molar-refractivity contribution in [3.05, 3.63) is 0 Å². The van der Waals surface area contributed by atoms with E-state index in [0.29, 0.717) is 0 Å². The summed E-state index contributed by atoms with van der Waals surface area (Å²) in [5, 5.41) is 8.57. The summed E-state index contributed by atoms with van der Waals surface area (Å²) in [6.07, 6.45) is 8.78. The van der Waals surface area contributed by atoms with Crippen molar-refractivity contribution in [2.75, 3.05) is 0 Å². The van der Waals surface area contributed by atoms with Crippen LogP contribution in [0.15, 0.2) is 0 Å². The fraction of sp³-hybridized carbons (Fsp3) is 0.833. The molecule has 1 fully saturated rings. The van der Waals surface area contributed by atoms with Gasteiger partial charge in [-0.25, -0.2) is 0 Å². The van der Waals surface area contributed by atoms with E-state index in [1.165, 1.54) is 38.5 Å². The average Bonchev–Trinajstić information content (AvgIpc) is 2.57. The number of carbonyl (C=O) groups excluding carboxylic acids is 2. The average molecular weight is 229 g/mol. The van der Waals surface area contributed by atoms with Crippen LogP contribution in [0.1, 0.15) is 65.2 Å². The van der Waals surface area contributed by atoms with Crippen LogP contribution in [0, 0.1) is 0 Å². The SMILES string of the molecule is CCCCCCCC.O=C1CCC(=O)N1O. The number of imide groups is 1. The van der Waals surface area contributed by atoms with Gasteiger partial charge in [-0.05, 0) is 0 Å². The van der Waals surface area contributed by atoms with Gasteiger partial charge in [0.15, 0.2) is 0 Å². The third-order valence-electron chi connectivity index (χ3n) is 2.48. The normalized spacial score (nSPS) is 15.1. The lowest BCUT2D eigenvalue weighted by Crippen LogP contribution is -2.24. The van der Waals surface area contributed by atoms with Crippen molar-refractivity contribution in [3.8, 4) is 0 Å². The van der Waals surface area contributed by atoms with Crippen LogP contribution in [-0.4, -0.2) is 22.1 Å². The molecule has 0 spiro atoms. The topological polar surface area (TPSA) is 57.6 Å². The Hall–Kier alpha value is -0.900. The predicted molar refractivity (Wildman–Crippen MR) is 61.9 cm³/mol.